The van der Waals surface area contributed by atoms with Gasteiger partial charge < -0.3 is 10.4 Å². The standard InChI is InChI=1S/C23H24N2O/c1-4-5-7-16(2)10-17(3)20-11-19-12-21(15-25-23(19)24-14-20)18-8-6-9-22(26)13-18/h4-10,12-15,26H,11H2,1-3H3,(H,24,25)/b5-4+,16-7-,17-10+. The van der Waals surface area contributed by atoms with Crippen LogP contribution in [0.3, 0.4) is 0 Å². The topological polar surface area (TPSA) is 45.2 Å². The lowest BCUT2D eigenvalue weighted by Gasteiger charge is -2.19. The van der Waals surface area contributed by atoms with Crippen LogP contribution >= 0.6 is 0 Å². The number of hydrogen-bond donors (Lipinski definition) is 2. The summed E-state index contributed by atoms with van der Waals surface area (Å²) in [6, 6.07) is 9.41. The molecule has 0 unspecified atom stereocenters. The summed E-state index contributed by atoms with van der Waals surface area (Å²) in [5, 5.41) is 13.0. The van der Waals surface area contributed by atoms with E-state index in [1.165, 1.54) is 16.7 Å². The molecule has 1 aliphatic rings. The maximum Gasteiger partial charge on any atom is 0.133 e. The highest BCUT2D eigenvalue weighted by atomic mass is 16.3. The molecular formula is C23H24N2O. The number of phenolic OH excluding ortho intramolecular Hbond substituents is 1. The van der Waals surface area contributed by atoms with Crippen molar-refractivity contribution in [2.45, 2.75) is 27.2 Å². The van der Waals surface area contributed by atoms with Gasteiger partial charge in [0.1, 0.15) is 11.6 Å². The van der Waals surface area contributed by atoms with Gasteiger partial charge in [-0.15, -0.1) is 0 Å². The van der Waals surface area contributed by atoms with Gasteiger partial charge in [0.15, 0.2) is 0 Å². The summed E-state index contributed by atoms with van der Waals surface area (Å²) in [4.78, 5) is 4.54. The molecule has 3 nitrogen and oxygen atoms in total. The van der Waals surface area contributed by atoms with Crippen LogP contribution in [0, 0.1) is 0 Å². The smallest absolute Gasteiger partial charge is 0.133 e. The first-order valence-electron chi connectivity index (χ1n) is 8.79. The zero-order chi connectivity index (χ0) is 18.5. The summed E-state index contributed by atoms with van der Waals surface area (Å²) in [6.45, 7) is 6.26. The van der Waals surface area contributed by atoms with Gasteiger partial charge in [-0.3, -0.25) is 0 Å². The number of hydrogen-bond acceptors (Lipinski definition) is 3. The monoisotopic (exact) mass is 344 g/mol. The minimum atomic E-state index is 0.265. The number of phenols is 1. The Bertz CT molecular complexity index is 933. The summed E-state index contributed by atoms with van der Waals surface area (Å²) >= 11 is 0. The molecule has 0 bridgehead atoms. The maximum absolute atomic E-state index is 9.71. The SMILES string of the molecule is C/C=C/C=C(C)\C=C(/C)C1=CNc2ncc(-c3cccc(O)c3)cc2C1. The van der Waals surface area contributed by atoms with Crippen LogP contribution in [0.15, 0.2) is 83.8 Å². The molecule has 26 heavy (non-hydrogen) atoms. The molecule has 0 saturated heterocycles. The third kappa shape index (κ3) is 4.12. The summed E-state index contributed by atoms with van der Waals surface area (Å²) in [7, 11) is 0. The van der Waals surface area contributed by atoms with Crippen molar-refractivity contribution in [1.82, 2.24) is 4.98 Å². The molecule has 1 aromatic heterocycles. The van der Waals surface area contributed by atoms with E-state index in [4.69, 9.17) is 0 Å². The molecule has 0 atom stereocenters. The minimum Gasteiger partial charge on any atom is -0.508 e. The van der Waals surface area contributed by atoms with Crippen LogP contribution in [0.4, 0.5) is 5.82 Å². The van der Waals surface area contributed by atoms with Gasteiger partial charge in [-0.2, -0.15) is 0 Å². The molecule has 3 rings (SSSR count). The van der Waals surface area contributed by atoms with Crippen molar-refractivity contribution < 1.29 is 5.11 Å². The highest BCUT2D eigenvalue weighted by Crippen LogP contribution is 2.30. The minimum absolute atomic E-state index is 0.265. The zero-order valence-electron chi connectivity index (χ0n) is 15.5. The lowest BCUT2D eigenvalue weighted by molar-refractivity contribution is 0.475. The molecule has 2 heterocycles. The van der Waals surface area contributed by atoms with E-state index in [0.717, 1.165) is 28.9 Å². The first-order valence-corrected chi connectivity index (χ1v) is 8.79. The highest BCUT2D eigenvalue weighted by molar-refractivity contribution is 5.68. The molecule has 2 N–H and O–H groups in total. The van der Waals surface area contributed by atoms with Gasteiger partial charge in [0.2, 0.25) is 0 Å². The molecule has 0 radical (unpaired) electrons. The number of allylic oxidation sites excluding steroid dienone is 7. The molecule has 1 aromatic carbocycles. The number of rotatable bonds is 4. The molecule has 0 aliphatic carbocycles. The number of anilines is 1. The number of aromatic nitrogens is 1. The van der Waals surface area contributed by atoms with Gasteiger partial charge >= 0.3 is 0 Å². The van der Waals surface area contributed by atoms with E-state index in [0.29, 0.717) is 0 Å². The van der Waals surface area contributed by atoms with Crippen molar-refractivity contribution in [2.24, 2.45) is 0 Å². The van der Waals surface area contributed by atoms with Crippen LogP contribution in [0.5, 0.6) is 5.75 Å². The Kier molecular flexibility index (Phi) is 5.37. The fraction of sp³-hybridized carbons (Fsp3) is 0.174. The van der Waals surface area contributed by atoms with Gasteiger partial charge in [-0.05, 0) is 61.2 Å². The van der Waals surface area contributed by atoms with Crippen LogP contribution < -0.4 is 5.32 Å². The molecule has 0 spiro atoms. The van der Waals surface area contributed by atoms with E-state index in [1.54, 1.807) is 12.1 Å². The van der Waals surface area contributed by atoms with Crippen LogP contribution in [-0.4, -0.2) is 10.1 Å². The van der Waals surface area contributed by atoms with Crippen molar-refractivity contribution >= 4 is 5.82 Å². The number of nitrogens with one attached hydrogen (secondary N) is 1. The average Bonchev–Trinajstić information content (AvgIpc) is 2.65. The van der Waals surface area contributed by atoms with Crippen LogP contribution in [0.25, 0.3) is 11.1 Å². The number of pyridine rings is 1. The lowest BCUT2D eigenvalue weighted by atomic mass is 9.95. The first-order chi connectivity index (χ1) is 12.6. The van der Waals surface area contributed by atoms with E-state index >= 15 is 0 Å². The van der Waals surface area contributed by atoms with Gasteiger partial charge in [0.25, 0.3) is 0 Å². The molecule has 0 saturated carbocycles. The Balaban J connectivity index is 1.85. The quantitative estimate of drug-likeness (QED) is 0.692. The second kappa shape index (κ2) is 7.87. The van der Waals surface area contributed by atoms with Crippen molar-refractivity contribution in [3.8, 4) is 16.9 Å². The van der Waals surface area contributed by atoms with Gasteiger partial charge in [0.05, 0.1) is 0 Å². The lowest BCUT2D eigenvalue weighted by Crippen LogP contribution is -2.08. The zero-order valence-corrected chi connectivity index (χ0v) is 15.5. The molecule has 2 aromatic rings. The summed E-state index contributed by atoms with van der Waals surface area (Å²) in [6.07, 6.45) is 13.1. The molecular weight excluding hydrogens is 320 g/mol. The molecule has 0 fully saturated rings. The number of aromatic hydroxyl groups is 1. The second-order valence-corrected chi connectivity index (χ2v) is 6.54. The Labute approximate surface area is 155 Å². The van der Waals surface area contributed by atoms with Crippen LogP contribution in [-0.2, 0) is 6.42 Å². The van der Waals surface area contributed by atoms with Gasteiger partial charge in [0, 0.05) is 24.4 Å². The molecule has 3 heteroatoms. The Hall–Kier alpha value is -3.07. The normalized spacial score (nSPS) is 14.8. The van der Waals surface area contributed by atoms with Crippen LogP contribution in [0.1, 0.15) is 26.3 Å². The fourth-order valence-corrected chi connectivity index (χ4v) is 3.01. The fourth-order valence-electron chi connectivity index (χ4n) is 3.01. The van der Waals surface area contributed by atoms with Gasteiger partial charge in [-0.25, -0.2) is 4.98 Å². The van der Waals surface area contributed by atoms with Crippen LogP contribution in [0.2, 0.25) is 0 Å². The molecule has 132 valence electrons. The van der Waals surface area contributed by atoms with Gasteiger partial charge in [-0.1, -0.05) is 42.0 Å². The van der Waals surface area contributed by atoms with E-state index in [2.05, 4.69) is 42.4 Å². The maximum atomic E-state index is 9.71. The van der Waals surface area contributed by atoms with Crippen molar-refractivity contribution in [2.75, 3.05) is 5.32 Å². The molecule has 0 amide bonds. The average molecular weight is 344 g/mol. The van der Waals surface area contributed by atoms with Crippen molar-refractivity contribution in [3.05, 3.63) is 89.3 Å². The number of nitrogens with zero attached hydrogens (tertiary/aromatic N) is 1. The van der Waals surface area contributed by atoms with E-state index in [-0.39, 0.29) is 5.75 Å². The molecule has 1 aliphatic heterocycles. The largest absolute Gasteiger partial charge is 0.508 e. The Morgan fingerprint density at radius 3 is 2.81 bits per heavy atom. The Morgan fingerprint density at radius 1 is 1.19 bits per heavy atom. The van der Waals surface area contributed by atoms with E-state index < -0.39 is 0 Å². The number of fused-ring (bicyclic) bond motifs is 1. The summed E-state index contributed by atoms with van der Waals surface area (Å²) < 4.78 is 0. The highest BCUT2D eigenvalue weighted by Gasteiger charge is 2.14. The van der Waals surface area contributed by atoms with Crippen molar-refractivity contribution in [3.63, 3.8) is 0 Å². The second-order valence-electron chi connectivity index (χ2n) is 6.54. The van der Waals surface area contributed by atoms with E-state index in [9.17, 15) is 5.11 Å². The Morgan fingerprint density at radius 2 is 2.04 bits per heavy atom. The third-order valence-corrected chi connectivity index (χ3v) is 4.41. The predicted octanol–water partition coefficient (Wildman–Crippen LogP) is 5.77. The predicted molar refractivity (Wildman–Crippen MR) is 109 cm³/mol. The summed E-state index contributed by atoms with van der Waals surface area (Å²) in [5.74, 6) is 1.16. The first kappa shape index (κ1) is 17.7. The third-order valence-electron chi connectivity index (χ3n) is 4.41. The van der Waals surface area contributed by atoms with Crippen molar-refractivity contribution in [1.29, 1.82) is 0 Å². The van der Waals surface area contributed by atoms with E-state index in [1.807, 2.05) is 43.6 Å². The summed E-state index contributed by atoms with van der Waals surface area (Å²) in [5.41, 5.74) is 6.84. The number of benzene rings is 1.